The predicted molar refractivity (Wildman–Crippen MR) is 150 cm³/mol. The van der Waals surface area contributed by atoms with E-state index in [4.69, 9.17) is 23.1 Å². The molecule has 1 heterocycles. The van der Waals surface area contributed by atoms with E-state index in [1.54, 1.807) is 6.08 Å². The van der Waals surface area contributed by atoms with E-state index in [-0.39, 0.29) is 5.96 Å². The van der Waals surface area contributed by atoms with Crippen LogP contribution in [-0.4, -0.2) is 61.3 Å². The summed E-state index contributed by atoms with van der Waals surface area (Å²) in [6.07, 6.45) is 6.46. The van der Waals surface area contributed by atoms with Crippen molar-refractivity contribution < 1.29 is 4.39 Å². The molecular formula is C28H38ClFN6. The second-order valence-electron chi connectivity index (χ2n) is 9.29. The summed E-state index contributed by atoms with van der Waals surface area (Å²) in [5.41, 5.74) is 17.2. The van der Waals surface area contributed by atoms with Gasteiger partial charge in [0.15, 0.2) is 0 Å². The highest BCUT2D eigenvalue weighted by atomic mass is 35.5. The van der Waals surface area contributed by atoms with Gasteiger partial charge in [0.25, 0.3) is 0 Å². The summed E-state index contributed by atoms with van der Waals surface area (Å²) in [7, 11) is 0. The molecule has 0 radical (unpaired) electrons. The molecule has 2 aromatic carbocycles. The van der Waals surface area contributed by atoms with E-state index in [0.717, 1.165) is 66.5 Å². The van der Waals surface area contributed by atoms with Gasteiger partial charge in [0.2, 0.25) is 5.96 Å². The molecule has 0 spiro atoms. The number of allylic oxidation sites excluding steroid dienone is 1. The normalized spacial score (nSPS) is 15.9. The van der Waals surface area contributed by atoms with Crippen LogP contribution in [0.25, 0.3) is 12.2 Å². The lowest BCUT2D eigenvalue weighted by molar-refractivity contribution is 0.114. The van der Waals surface area contributed by atoms with Crippen molar-refractivity contribution in [3.8, 4) is 0 Å². The van der Waals surface area contributed by atoms with Gasteiger partial charge in [-0.2, -0.15) is 0 Å². The first-order valence-corrected chi connectivity index (χ1v) is 12.8. The van der Waals surface area contributed by atoms with Gasteiger partial charge in [-0.05, 0) is 59.9 Å². The summed E-state index contributed by atoms with van der Waals surface area (Å²) in [4.78, 5) is 4.84. The van der Waals surface area contributed by atoms with Crippen molar-refractivity contribution in [2.75, 3.05) is 39.5 Å². The minimum absolute atomic E-state index is 0.0311. The molecule has 36 heavy (non-hydrogen) atoms. The van der Waals surface area contributed by atoms with Gasteiger partial charge in [0, 0.05) is 37.2 Å². The maximum Gasteiger partial charge on any atom is 0.208 e. The molecule has 1 saturated heterocycles. The van der Waals surface area contributed by atoms with Crippen molar-refractivity contribution in [3.05, 3.63) is 81.2 Å². The number of guanidine groups is 1. The molecule has 1 aliphatic heterocycles. The molecule has 6 nitrogen and oxygen atoms in total. The second-order valence-corrected chi connectivity index (χ2v) is 9.73. The van der Waals surface area contributed by atoms with Crippen LogP contribution >= 0.6 is 11.6 Å². The standard InChI is InChI=1S/C28H38ClFN6/c1-21-5-10-27(22(2)18-21)24(4-3-14-30)19-36(17-11-23-6-8-25(29)9-7-23)26-12-15-35(16-13-26)20-33-34-28(31)32/h3-10,18,26,33H,2,11-17,19-20H2,1H3,(H4,31,32,34)/b4-3-,27-24+. The number of benzene rings is 2. The third-order valence-corrected chi connectivity index (χ3v) is 6.82. The topological polar surface area (TPSA) is 82.9 Å². The summed E-state index contributed by atoms with van der Waals surface area (Å²) in [6.45, 7) is 9.94. The van der Waals surface area contributed by atoms with E-state index in [1.807, 2.05) is 18.2 Å². The molecule has 3 rings (SSSR count). The van der Waals surface area contributed by atoms with Crippen molar-refractivity contribution >= 4 is 29.7 Å². The third kappa shape index (κ3) is 8.66. The van der Waals surface area contributed by atoms with Crippen LogP contribution in [-0.2, 0) is 6.42 Å². The van der Waals surface area contributed by atoms with E-state index in [2.05, 4.69) is 64.2 Å². The van der Waals surface area contributed by atoms with Gasteiger partial charge in [-0.3, -0.25) is 15.2 Å². The predicted octanol–water partition coefficient (Wildman–Crippen LogP) is 2.48. The first kappa shape index (κ1) is 27.7. The number of nitrogens with two attached hydrogens (primary N) is 2. The molecule has 5 N–H and O–H groups in total. The van der Waals surface area contributed by atoms with Crippen molar-refractivity contribution in [1.29, 1.82) is 0 Å². The molecule has 1 fully saturated rings. The molecule has 0 atom stereocenters. The highest BCUT2D eigenvalue weighted by molar-refractivity contribution is 6.30. The zero-order valence-corrected chi connectivity index (χ0v) is 21.9. The van der Waals surface area contributed by atoms with E-state index in [1.165, 1.54) is 11.1 Å². The van der Waals surface area contributed by atoms with Crippen LogP contribution in [0.4, 0.5) is 4.39 Å². The van der Waals surface area contributed by atoms with Crippen molar-refractivity contribution in [2.45, 2.75) is 32.2 Å². The highest BCUT2D eigenvalue weighted by Gasteiger charge is 2.25. The summed E-state index contributed by atoms with van der Waals surface area (Å²) >= 11 is 6.08. The smallest absolute Gasteiger partial charge is 0.208 e. The van der Waals surface area contributed by atoms with Crippen LogP contribution in [0.15, 0.2) is 59.7 Å². The zero-order chi connectivity index (χ0) is 25.9. The van der Waals surface area contributed by atoms with Gasteiger partial charge in [-0.1, -0.05) is 66.2 Å². The first-order valence-electron chi connectivity index (χ1n) is 12.4. The molecule has 2 aromatic rings. The summed E-state index contributed by atoms with van der Waals surface area (Å²) in [6, 6.07) is 14.7. The molecule has 0 aliphatic carbocycles. The Kier molecular flexibility index (Phi) is 10.8. The summed E-state index contributed by atoms with van der Waals surface area (Å²) < 4.78 is 13.1. The Morgan fingerprint density at radius 2 is 1.94 bits per heavy atom. The Morgan fingerprint density at radius 1 is 1.22 bits per heavy atom. The minimum atomic E-state index is -0.492. The Labute approximate surface area is 218 Å². The largest absolute Gasteiger partial charge is 0.369 e. The van der Waals surface area contributed by atoms with E-state index >= 15 is 0 Å². The number of likely N-dealkylation sites (tertiary alicyclic amines) is 1. The van der Waals surface area contributed by atoms with Crippen LogP contribution in [0.2, 0.25) is 5.02 Å². The molecule has 1 aliphatic rings. The van der Waals surface area contributed by atoms with Crippen molar-refractivity contribution in [2.24, 2.45) is 16.6 Å². The maximum absolute atomic E-state index is 13.1. The molecule has 0 amide bonds. The second kappa shape index (κ2) is 14.0. The molecule has 0 unspecified atom stereocenters. The van der Waals surface area contributed by atoms with Crippen LogP contribution in [0.1, 0.15) is 24.0 Å². The van der Waals surface area contributed by atoms with E-state index in [0.29, 0.717) is 12.7 Å². The number of rotatable bonds is 11. The minimum Gasteiger partial charge on any atom is -0.369 e. The number of hydrogen-bond acceptors (Lipinski definition) is 4. The van der Waals surface area contributed by atoms with Crippen molar-refractivity contribution in [1.82, 2.24) is 15.2 Å². The third-order valence-electron chi connectivity index (χ3n) is 6.57. The number of piperidine rings is 1. The average Bonchev–Trinajstić information content (AvgIpc) is 2.85. The number of halogens is 2. The highest BCUT2D eigenvalue weighted by Crippen LogP contribution is 2.19. The fraction of sp³-hybridized carbons (Fsp3) is 0.393. The Hall–Kier alpha value is -2.87. The fourth-order valence-corrected chi connectivity index (χ4v) is 4.78. The number of hydrogen-bond donors (Lipinski definition) is 3. The average molecular weight is 513 g/mol. The van der Waals surface area contributed by atoms with Gasteiger partial charge in [0.1, 0.15) is 6.67 Å². The zero-order valence-electron chi connectivity index (χ0n) is 21.1. The van der Waals surface area contributed by atoms with Crippen LogP contribution in [0.5, 0.6) is 0 Å². The quantitative estimate of drug-likeness (QED) is 0.245. The van der Waals surface area contributed by atoms with E-state index < -0.39 is 6.67 Å². The molecule has 0 bridgehead atoms. The van der Waals surface area contributed by atoms with E-state index in [9.17, 15) is 4.39 Å². The number of nitrogens with one attached hydrogen (secondary N) is 1. The maximum atomic E-state index is 13.1. The van der Waals surface area contributed by atoms with Gasteiger partial charge in [-0.15, -0.1) is 5.10 Å². The fourth-order valence-electron chi connectivity index (χ4n) is 4.65. The SMILES string of the molecule is C=c1cc(C)cc/c1=C(/C=C\CF)CN(CCc1ccc(Cl)cc1)C1CCN(CNN=C(N)N)CC1. The lowest BCUT2D eigenvalue weighted by Gasteiger charge is -2.38. The van der Waals surface area contributed by atoms with Crippen molar-refractivity contribution in [3.63, 3.8) is 0 Å². The Bertz CT molecular complexity index is 1140. The van der Waals surface area contributed by atoms with Gasteiger partial charge in [0.05, 0.1) is 6.67 Å². The Balaban J connectivity index is 1.81. The summed E-state index contributed by atoms with van der Waals surface area (Å²) in [5.74, 6) is 0.0311. The summed E-state index contributed by atoms with van der Waals surface area (Å²) in [5, 5.41) is 6.65. The van der Waals surface area contributed by atoms with Gasteiger partial charge in [-0.25, -0.2) is 4.39 Å². The lowest BCUT2D eigenvalue weighted by atomic mass is 10.00. The molecular weight excluding hydrogens is 475 g/mol. The van der Waals surface area contributed by atoms with Crippen LogP contribution < -0.4 is 27.3 Å². The van der Waals surface area contributed by atoms with Crippen LogP contribution in [0.3, 0.4) is 0 Å². The monoisotopic (exact) mass is 512 g/mol. The van der Waals surface area contributed by atoms with Gasteiger partial charge < -0.3 is 11.5 Å². The molecule has 8 heteroatoms. The first-order chi connectivity index (χ1) is 17.4. The number of hydrazone groups is 1. The molecule has 0 aromatic heterocycles. The number of aryl methyl sites for hydroxylation is 1. The van der Waals surface area contributed by atoms with Gasteiger partial charge >= 0.3 is 0 Å². The molecule has 194 valence electrons. The lowest BCUT2D eigenvalue weighted by Crippen LogP contribution is -2.48. The number of alkyl halides is 1. The van der Waals surface area contributed by atoms with Crippen LogP contribution in [0, 0.1) is 6.92 Å². The molecule has 0 saturated carbocycles. The Morgan fingerprint density at radius 3 is 2.58 bits per heavy atom. The number of nitrogens with zero attached hydrogens (tertiary/aromatic N) is 3.